The molecular weight excluding hydrogens is 277 g/mol. The summed E-state index contributed by atoms with van der Waals surface area (Å²) in [5, 5.41) is 2.61. The van der Waals surface area contributed by atoms with E-state index in [4.69, 9.17) is 4.74 Å². The lowest BCUT2D eigenvalue weighted by molar-refractivity contribution is -0.120. The van der Waals surface area contributed by atoms with Crippen molar-refractivity contribution in [2.75, 3.05) is 18.5 Å². The van der Waals surface area contributed by atoms with Crippen molar-refractivity contribution >= 4 is 27.5 Å². The quantitative estimate of drug-likeness (QED) is 0.847. The van der Waals surface area contributed by atoms with Crippen molar-refractivity contribution in [1.82, 2.24) is 0 Å². The lowest BCUT2D eigenvalue weighted by Crippen LogP contribution is -2.18. The molecule has 0 aliphatic carbocycles. The average molecular weight is 290 g/mol. The van der Waals surface area contributed by atoms with Crippen molar-refractivity contribution in [1.29, 1.82) is 0 Å². The number of anilines is 1. The molecular formula is C11H13BrFNO2. The maximum Gasteiger partial charge on any atom is 0.250 e. The minimum atomic E-state index is -0.361. The van der Waals surface area contributed by atoms with Gasteiger partial charge in [-0.15, -0.1) is 0 Å². The van der Waals surface area contributed by atoms with Gasteiger partial charge in [-0.25, -0.2) is 4.39 Å². The number of benzene rings is 1. The molecule has 1 N–H and O–H groups in total. The summed E-state index contributed by atoms with van der Waals surface area (Å²) in [5.41, 5.74) is 0.540. The predicted molar refractivity (Wildman–Crippen MR) is 63.8 cm³/mol. The van der Waals surface area contributed by atoms with Gasteiger partial charge < -0.3 is 10.1 Å². The summed E-state index contributed by atoms with van der Waals surface area (Å²) in [6, 6.07) is 4.29. The Morgan fingerprint density at radius 1 is 1.56 bits per heavy atom. The third kappa shape index (κ3) is 4.28. The lowest BCUT2D eigenvalue weighted by atomic mass is 10.3. The molecule has 0 atom stereocenters. The van der Waals surface area contributed by atoms with E-state index < -0.39 is 0 Å². The topological polar surface area (TPSA) is 38.3 Å². The molecule has 0 heterocycles. The zero-order valence-corrected chi connectivity index (χ0v) is 10.5. The molecule has 0 saturated carbocycles. The van der Waals surface area contributed by atoms with Crippen LogP contribution in [0.15, 0.2) is 22.7 Å². The van der Waals surface area contributed by atoms with Crippen LogP contribution in [0.25, 0.3) is 0 Å². The Kier molecular flexibility index (Phi) is 5.42. The highest BCUT2D eigenvalue weighted by molar-refractivity contribution is 9.10. The van der Waals surface area contributed by atoms with Gasteiger partial charge in [0.2, 0.25) is 5.91 Å². The van der Waals surface area contributed by atoms with Crippen molar-refractivity contribution in [2.24, 2.45) is 0 Å². The number of amides is 1. The maximum atomic E-state index is 12.9. The van der Waals surface area contributed by atoms with Gasteiger partial charge in [-0.1, -0.05) is 6.92 Å². The highest BCUT2D eigenvalue weighted by atomic mass is 79.9. The first-order valence-corrected chi connectivity index (χ1v) is 5.75. The molecule has 0 fully saturated rings. The molecule has 1 rings (SSSR count). The van der Waals surface area contributed by atoms with Crippen LogP contribution in [0.4, 0.5) is 10.1 Å². The van der Waals surface area contributed by atoms with E-state index in [1.807, 2.05) is 6.92 Å². The minimum Gasteiger partial charge on any atom is -0.372 e. The zero-order chi connectivity index (χ0) is 12.0. The van der Waals surface area contributed by atoms with Crippen LogP contribution in [0.1, 0.15) is 13.3 Å². The molecule has 1 amide bonds. The monoisotopic (exact) mass is 289 g/mol. The van der Waals surface area contributed by atoms with E-state index in [2.05, 4.69) is 21.2 Å². The van der Waals surface area contributed by atoms with E-state index in [-0.39, 0.29) is 18.3 Å². The number of carbonyl (C=O) groups is 1. The Morgan fingerprint density at radius 2 is 2.31 bits per heavy atom. The predicted octanol–water partition coefficient (Wildman–Crippen LogP) is 2.95. The van der Waals surface area contributed by atoms with Crippen LogP contribution in [-0.4, -0.2) is 19.1 Å². The third-order valence-electron chi connectivity index (χ3n) is 1.78. The van der Waals surface area contributed by atoms with Crippen LogP contribution in [0.5, 0.6) is 0 Å². The fourth-order valence-corrected chi connectivity index (χ4v) is 1.46. The van der Waals surface area contributed by atoms with Crippen LogP contribution in [0.2, 0.25) is 0 Å². The molecule has 0 saturated heterocycles. The van der Waals surface area contributed by atoms with Crippen molar-refractivity contribution in [3.05, 3.63) is 28.5 Å². The first-order chi connectivity index (χ1) is 7.63. The summed E-state index contributed by atoms with van der Waals surface area (Å²) in [7, 11) is 0. The molecule has 0 aliphatic rings. The van der Waals surface area contributed by atoms with E-state index in [1.54, 1.807) is 0 Å². The van der Waals surface area contributed by atoms with Gasteiger partial charge in [-0.3, -0.25) is 4.79 Å². The molecule has 0 spiro atoms. The molecule has 3 nitrogen and oxygen atoms in total. The summed E-state index contributed by atoms with van der Waals surface area (Å²) < 4.78 is 18.3. The van der Waals surface area contributed by atoms with Gasteiger partial charge in [-0.05, 0) is 40.5 Å². The average Bonchev–Trinajstić information content (AvgIpc) is 2.24. The summed E-state index contributed by atoms with van der Waals surface area (Å²) in [4.78, 5) is 11.3. The molecule has 88 valence electrons. The van der Waals surface area contributed by atoms with Crippen LogP contribution in [0.3, 0.4) is 0 Å². The van der Waals surface area contributed by atoms with E-state index in [1.165, 1.54) is 18.2 Å². The van der Waals surface area contributed by atoms with Gasteiger partial charge in [-0.2, -0.15) is 0 Å². The molecule has 0 unspecified atom stereocenters. The maximum absolute atomic E-state index is 12.9. The molecule has 0 bridgehead atoms. The molecule has 5 heteroatoms. The summed E-state index contributed by atoms with van der Waals surface area (Å²) >= 11 is 3.04. The normalized spacial score (nSPS) is 10.2. The van der Waals surface area contributed by atoms with Crippen LogP contribution in [0, 0.1) is 5.82 Å². The molecule has 1 aromatic rings. The number of nitrogens with one attached hydrogen (secondary N) is 1. The highest BCUT2D eigenvalue weighted by Gasteiger charge is 2.04. The number of hydrogen-bond donors (Lipinski definition) is 1. The van der Waals surface area contributed by atoms with E-state index >= 15 is 0 Å². The minimum absolute atomic E-state index is 0.0167. The van der Waals surface area contributed by atoms with Crippen molar-refractivity contribution in [3.63, 3.8) is 0 Å². The molecule has 0 radical (unpaired) electrons. The second-order valence-corrected chi connectivity index (χ2v) is 4.08. The van der Waals surface area contributed by atoms with Crippen LogP contribution < -0.4 is 5.32 Å². The number of rotatable bonds is 5. The number of ether oxygens (including phenoxy) is 1. The number of hydrogen-bond acceptors (Lipinski definition) is 2. The number of halogens is 2. The van der Waals surface area contributed by atoms with Gasteiger partial charge in [0.15, 0.2) is 0 Å². The summed E-state index contributed by atoms with van der Waals surface area (Å²) in [6.45, 7) is 2.54. The van der Waals surface area contributed by atoms with Gasteiger partial charge in [0.25, 0.3) is 0 Å². The van der Waals surface area contributed by atoms with E-state index in [0.717, 1.165) is 6.42 Å². The fraction of sp³-hybridized carbons (Fsp3) is 0.364. The standard InChI is InChI=1S/C11H13BrFNO2/c1-2-5-16-7-11(15)14-8-3-4-10(13)9(12)6-8/h3-4,6H,2,5,7H2,1H3,(H,14,15). The fourth-order valence-electron chi connectivity index (χ4n) is 1.08. The second kappa shape index (κ2) is 6.60. The van der Waals surface area contributed by atoms with Crippen LogP contribution >= 0.6 is 15.9 Å². The van der Waals surface area contributed by atoms with Crippen LogP contribution in [-0.2, 0) is 9.53 Å². The van der Waals surface area contributed by atoms with E-state index in [9.17, 15) is 9.18 Å². The van der Waals surface area contributed by atoms with Crippen molar-refractivity contribution in [3.8, 4) is 0 Å². The zero-order valence-electron chi connectivity index (χ0n) is 8.93. The Hall–Kier alpha value is -0.940. The molecule has 1 aromatic carbocycles. The largest absolute Gasteiger partial charge is 0.372 e. The highest BCUT2D eigenvalue weighted by Crippen LogP contribution is 2.19. The molecule has 0 aromatic heterocycles. The van der Waals surface area contributed by atoms with Crippen molar-refractivity contribution in [2.45, 2.75) is 13.3 Å². The summed E-state index contributed by atoms with van der Waals surface area (Å²) in [5.74, 6) is -0.604. The van der Waals surface area contributed by atoms with E-state index in [0.29, 0.717) is 16.8 Å². The van der Waals surface area contributed by atoms with Gasteiger partial charge >= 0.3 is 0 Å². The Balaban J connectivity index is 2.46. The van der Waals surface area contributed by atoms with Crippen molar-refractivity contribution < 1.29 is 13.9 Å². The first kappa shape index (κ1) is 13.1. The lowest BCUT2D eigenvalue weighted by Gasteiger charge is -2.06. The smallest absolute Gasteiger partial charge is 0.250 e. The Labute approximate surface area is 102 Å². The molecule has 16 heavy (non-hydrogen) atoms. The second-order valence-electron chi connectivity index (χ2n) is 3.23. The summed E-state index contributed by atoms with van der Waals surface area (Å²) in [6.07, 6.45) is 0.870. The Morgan fingerprint density at radius 3 is 2.94 bits per heavy atom. The van der Waals surface area contributed by atoms with Gasteiger partial charge in [0.1, 0.15) is 12.4 Å². The Bertz CT molecular complexity index is 371. The molecule has 0 aliphatic heterocycles. The number of carbonyl (C=O) groups excluding carboxylic acids is 1. The first-order valence-electron chi connectivity index (χ1n) is 4.96. The third-order valence-corrected chi connectivity index (χ3v) is 2.39. The van der Waals surface area contributed by atoms with Gasteiger partial charge in [0.05, 0.1) is 4.47 Å². The van der Waals surface area contributed by atoms with Gasteiger partial charge in [0, 0.05) is 12.3 Å². The SMILES string of the molecule is CCCOCC(=O)Nc1ccc(F)c(Br)c1.